The molecule has 1 heterocycles. The highest BCUT2D eigenvalue weighted by molar-refractivity contribution is 5.84. The molecule has 1 amide bonds. The minimum Gasteiger partial charge on any atom is -0.494 e. The first-order chi connectivity index (χ1) is 12.6. The van der Waals surface area contributed by atoms with Gasteiger partial charge in [0.2, 0.25) is 5.91 Å². The second kappa shape index (κ2) is 8.06. The van der Waals surface area contributed by atoms with Crippen molar-refractivity contribution in [3.05, 3.63) is 65.9 Å². The first kappa shape index (κ1) is 18.0. The van der Waals surface area contributed by atoms with Crippen LogP contribution in [0.5, 0.6) is 5.75 Å². The van der Waals surface area contributed by atoms with E-state index >= 15 is 0 Å². The zero-order chi connectivity index (χ0) is 18.5. The summed E-state index contributed by atoms with van der Waals surface area (Å²) in [6.45, 7) is 2.73. The largest absolute Gasteiger partial charge is 0.494 e. The van der Waals surface area contributed by atoms with Gasteiger partial charge in [-0.3, -0.25) is 4.79 Å². The van der Waals surface area contributed by atoms with Crippen molar-refractivity contribution in [2.24, 2.45) is 7.05 Å². The molecule has 2 aromatic carbocycles. The van der Waals surface area contributed by atoms with Crippen molar-refractivity contribution in [3.63, 3.8) is 0 Å². The van der Waals surface area contributed by atoms with Crippen LogP contribution in [0, 0.1) is 0 Å². The molecule has 2 N–H and O–H groups in total. The number of amides is 1. The van der Waals surface area contributed by atoms with Gasteiger partial charge in [-0.05, 0) is 30.7 Å². The Hall–Kier alpha value is -2.79. The standard InChI is InChI=1S/C21H24N2O3/c1-3-26-16-10-8-15(9-11-16)12-21(25)22-13-20(24)18-14-23(2)19-7-5-4-6-17(18)19/h4-11,14,20,24H,3,12-13H2,1-2H3,(H,22,25). The Labute approximate surface area is 153 Å². The number of fused-ring (bicyclic) bond motifs is 1. The lowest BCUT2D eigenvalue weighted by molar-refractivity contribution is -0.120. The number of para-hydroxylation sites is 1. The first-order valence-corrected chi connectivity index (χ1v) is 8.79. The molecule has 0 aliphatic rings. The molecule has 26 heavy (non-hydrogen) atoms. The molecule has 1 unspecified atom stereocenters. The predicted octanol–water partition coefficient (Wildman–Crippen LogP) is 2.97. The smallest absolute Gasteiger partial charge is 0.224 e. The van der Waals surface area contributed by atoms with Crippen LogP contribution in [0.25, 0.3) is 10.9 Å². The number of rotatable bonds is 7. The maximum absolute atomic E-state index is 12.2. The van der Waals surface area contributed by atoms with Crippen LogP contribution in [-0.2, 0) is 18.3 Å². The van der Waals surface area contributed by atoms with Gasteiger partial charge in [0.15, 0.2) is 0 Å². The van der Waals surface area contributed by atoms with E-state index in [2.05, 4.69) is 5.32 Å². The summed E-state index contributed by atoms with van der Waals surface area (Å²) in [5, 5.41) is 14.3. The van der Waals surface area contributed by atoms with Gasteiger partial charge >= 0.3 is 0 Å². The molecule has 0 saturated heterocycles. The minimum atomic E-state index is -0.745. The summed E-state index contributed by atoms with van der Waals surface area (Å²) in [4.78, 5) is 12.2. The third kappa shape index (κ3) is 4.06. The molecule has 0 spiro atoms. The molecular formula is C21H24N2O3. The van der Waals surface area contributed by atoms with Gasteiger partial charge in [-0.1, -0.05) is 30.3 Å². The number of nitrogens with one attached hydrogen (secondary N) is 1. The van der Waals surface area contributed by atoms with E-state index in [-0.39, 0.29) is 18.9 Å². The van der Waals surface area contributed by atoms with Crippen LogP contribution in [0.2, 0.25) is 0 Å². The quantitative estimate of drug-likeness (QED) is 0.687. The Bertz CT molecular complexity index is 884. The molecule has 3 aromatic rings. The van der Waals surface area contributed by atoms with E-state index < -0.39 is 6.10 Å². The van der Waals surface area contributed by atoms with Crippen LogP contribution in [-0.4, -0.2) is 28.7 Å². The van der Waals surface area contributed by atoms with Gasteiger partial charge in [-0.2, -0.15) is 0 Å². The number of benzene rings is 2. The molecule has 0 aliphatic heterocycles. The van der Waals surface area contributed by atoms with E-state index in [0.717, 1.165) is 27.8 Å². The van der Waals surface area contributed by atoms with E-state index in [1.165, 1.54) is 0 Å². The number of aryl methyl sites for hydroxylation is 1. The number of aromatic nitrogens is 1. The number of ether oxygens (including phenoxy) is 1. The van der Waals surface area contributed by atoms with Gasteiger partial charge < -0.3 is 19.7 Å². The Morgan fingerprint density at radius 1 is 1.19 bits per heavy atom. The summed E-state index contributed by atoms with van der Waals surface area (Å²) in [5.41, 5.74) is 2.79. The Morgan fingerprint density at radius 2 is 1.92 bits per heavy atom. The normalized spacial score (nSPS) is 12.1. The molecule has 0 aliphatic carbocycles. The van der Waals surface area contributed by atoms with E-state index in [0.29, 0.717) is 6.61 Å². The predicted molar refractivity (Wildman–Crippen MR) is 102 cm³/mol. The number of hydrogen-bond acceptors (Lipinski definition) is 3. The molecule has 5 heteroatoms. The van der Waals surface area contributed by atoms with Gasteiger partial charge in [-0.25, -0.2) is 0 Å². The highest BCUT2D eigenvalue weighted by Crippen LogP contribution is 2.25. The monoisotopic (exact) mass is 352 g/mol. The van der Waals surface area contributed by atoms with Crippen molar-refractivity contribution in [1.29, 1.82) is 0 Å². The number of hydrogen-bond donors (Lipinski definition) is 2. The molecule has 3 rings (SSSR count). The van der Waals surface area contributed by atoms with Crippen LogP contribution in [0.15, 0.2) is 54.7 Å². The molecule has 1 aromatic heterocycles. The maximum atomic E-state index is 12.2. The lowest BCUT2D eigenvalue weighted by atomic mass is 10.1. The van der Waals surface area contributed by atoms with E-state index in [4.69, 9.17) is 4.74 Å². The van der Waals surface area contributed by atoms with Crippen LogP contribution in [0.1, 0.15) is 24.2 Å². The van der Waals surface area contributed by atoms with Gasteiger partial charge in [0.1, 0.15) is 5.75 Å². The molecule has 5 nitrogen and oxygen atoms in total. The number of aliphatic hydroxyl groups is 1. The van der Waals surface area contributed by atoms with Crippen LogP contribution >= 0.6 is 0 Å². The summed E-state index contributed by atoms with van der Waals surface area (Å²) >= 11 is 0. The number of carbonyl (C=O) groups excluding carboxylic acids is 1. The molecule has 0 fully saturated rings. The second-order valence-corrected chi connectivity index (χ2v) is 6.29. The summed E-state index contributed by atoms with van der Waals surface area (Å²) in [7, 11) is 1.95. The average Bonchev–Trinajstić information content (AvgIpc) is 2.99. The summed E-state index contributed by atoms with van der Waals surface area (Å²) < 4.78 is 7.38. The van der Waals surface area contributed by atoms with Gasteiger partial charge in [0.25, 0.3) is 0 Å². The highest BCUT2D eigenvalue weighted by atomic mass is 16.5. The fourth-order valence-corrected chi connectivity index (χ4v) is 3.08. The average molecular weight is 352 g/mol. The molecule has 0 radical (unpaired) electrons. The van der Waals surface area contributed by atoms with E-state index in [1.807, 2.05) is 73.3 Å². The van der Waals surface area contributed by atoms with Gasteiger partial charge in [0, 0.05) is 36.3 Å². The molecule has 0 bridgehead atoms. The van der Waals surface area contributed by atoms with Crippen LogP contribution < -0.4 is 10.1 Å². The Kier molecular flexibility index (Phi) is 5.58. The number of nitrogens with zero attached hydrogens (tertiary/aromatic N) is 1. The Balaban J connectivity index is 1.58. The SMILES string of the molecule is CCOc1ccc(CC(=O)NCC(O)c2cn(C)c3ccccc23)cc1. The zero-order valence-electron chi connectivity index (χ0n) is 15.1. The van der Waals surface area contributed by atoms with E-state index in [9.17, 15) is 9.90 Å². The summed E-state index contributed by atoms with van der Waals surface area (Å²) in [5.74, 6) is 0.677. The second-order valence-electron chi connectivity index (χ2n) is 6.29. The lowest BCUT2D eigenvalue weighted by Gasteiger charge is -2.12. The third-order valence-electron chi connectivity index (χ3n) is 4.38. The molecule has 0 saturated carbocycles. The summed E-state index contributed by atoms with van der Waals surface area (Å²) in [6.07, 6.45) is 1.44. The lowest BCUT2D eigenvalue weighted by Crippen LogP contribution is -2.29. The third-order valence-corrected chi connectivity index (χ3v) is 4.38. The van der Waals surface area contributed by atoms with Crippen molar-refractivity contribution >= 4 is 16.8 Å². The van der Waals surface area contributed by atoms with E-state index in [1.54, 1.807) is 0 Å². The van der Waals surface area contributed by atoms with Gasteiger partial charge in [-0.15, -0.1) is 0 Å². The van der Waals surface area contributed by atoms with Crippen LogP contribution in [0.3, 0.4) is 0 Å². The molecule has 136 valence electrons. The molecule has 1 atom stereocenters. The zero-order valence-corrected chi connectivity index (χ0v) is 15.1. The van der Waals surface area contributed by atoms with Crippen molar-refractivity contribution in [1.82, 2.24) is 9.88 Å². The fraction of sp³-hybridized carbons (Fsp3) is 0.286. The van der Waals surface area contributed by atoms with Gasteiger partial charge in [0.05, 0.1) is 19.1 Å². The minimum absolute atomic E-state index is 0.117. The molecular weight excluding hydrogens is 328 g/mol. The van der Waals surface area contributed by atoms with Crippen molar-refractivity contribution < 1.29 is 14.6 Å². The number of aliphatic hydroxyl groups excluding tert-OH is 1. The fourth-order valence-electron chi connectivity index (χ4n) is 3.08. The first-order valence-electron chi connectivity index (χ1n) is 8.79. The van der Waals surface area contributed by atoms with Crippen molar-refractivity contribution in [3.8, 4) is 5.75 Å². The highest BCUT2D eigenvalue weighted by Gasteiger charge is 2.15. The number of carbonyl (C=O) groups is 1. The Morgan fingerprint density at radius 3 is 2.65 bits per heavy atom. The van der Waals surface area contributed by atoms with Crippen LogP contribution in [0.4, 0.5) is 0 Å². The topological polar surface area (TPSA) is 63.5 Å². The summed E-state index contributed by atoms with van der Waals surface area (Å²) in [6, 6.07) is 15.4. The van der Waals surface area contributed by atoms with Crippen molar-refractivity contribution in [2.75, 3.05) is 13.2 Å². The van der Waals surface area contributed by atoms with Crippen molar-refractivity contribution in [2.45, 2.75) is 19.4 Å². The maximum Gasteiger partial charge on any atom is 0.224 e.